The van der Waals surface area contributed by atoms with Crippen LogP contribution >= 0.6 is 11.3 Å². The number of carboxylic acid groups (broad SMARTS) is 1. The molecule has 164 valence electrons. The maximum absolute atomic E-state index is 12.6. The van der Waals surface area contributed by atoms with E-state index < -0.39 is 65.2 Å². The van der Waals surface area contributed by atoms with Gasteiger partial charge < -0.3 is 31.5 Å². The normalized spacial score (nSPS) is 19.0. The van der Waals surface area contributed by atoms with Gasteiger partial charge in [0.1, 0.15) is 24.4 Å². The number of thiazole rings is 1. The summed E-state index contributed by atoms with van der Waals surface area (Å²) in [6, 6.07) is -3.08. The van der Waals surface area contributed by atoms with Gasteiger partial charge in [0, 0.05) is 5.38 Å². The van der Waals surface area contributed by atoms with Gasteiger partial charge in [-0.1, -0.05) is 5.16 Å². The van der Waals surface area contributed by atoms with Gasteiger partial charge in [-0.25, -0.2) is 18.9 Å². The number of carbonyl (C=O) groups is 4. The molecule has 18 heteroatoms. The highest BCUT2D eigenvalue weighted by Crippen LogP contribution is 2.24. The lowest BCUT2D eigenvalue weighted by molar-refractivity contribution is -0.146. The highest BCUT2D eigenvalue weighted by Gasteiger charge is 2.54. The number of β-lactam (4-membered cyclic amide) rings is 1. The van der Waals surface area contributed by atoms with Crippen LogP contribution in [0.3, 0.4) is 0 Å². The first kappa shape index (κ1) is 22.8. The molecule has 30 heavy (non-hydrogen) atoms. The Labute approximate surface area is 171 Å². The summed E-state index contributed by atoms with van der Waals surface area (Å²) in [6.45, 7) is -1.66. The number of nitrogens with one attached hydrogen (secondary N) is 1. The van der Waals surface area contributed by atoms with Crippen molar-refractivity contribution >= 4 is 56.4 Å². The van der Waals surface area contributed by atoms with Gasteiger partial charge in [0.15, 0.2) is 10.8 Å². The average Bonchev–Trinajstić information content (AvgIpc) is 3.04. The van der Waals surface area contributed by atoms with Gasteiger partial charge >= 0.3 is 22.4 Å². The predicted octanol–water partition coefficient (Wildman–Crippen LogP) is -2.88. The number of primary amides is 1. The third-order valence-corrected chi connectivity index (χ3v) is 5.05. The van der Waals surface area contributed by atoms with Crippen LogP contribution < -0.4 is 16.8 Å². The summed E-state index contributed by atoms with van der Waals surface area (Å²) < 4.78 is 36.2. The number of nitrogens with two attached hydrogens (primary N) is 2. The Kier molecular flexibility index (Phi) is 6.74. The van der Waals surface area contributed by atoms with E-state index in [0.29, 0.717) is 0 Å². The van der Waals surface area contributed by atoms with Gasteiger partial charge in [0.25, 0.3) is 11.8 Å². The van der Waals surface area contributed by atoms with Crippen LogP contribution in [0.5, 0.6) is 0 Å². The van der Waals surface area contributed by atoms with Crippen molar-refractivity contribution in [2.45, 2.75) is 12.1 Å². The molecule has 1 aromatic rings. The average molecular weight is 466 g/mol. The van der Waals surface area contributed by atoms with E-state index in [0.717, 1.165) is 11.3 Å². The first-order valence-electron chi connectivity index (χ1n) is 7.58. The molecule has 0 aliphatic carbocycles. The Morgan fingerprint density at radius 1 is 1.40 bits per heavy atom. The van der Waals surface area contributed by atoms with E-state index in [9.17, 15) is 27.6 Å². The standard InChI is InChI=1S/C12H14N6O10S2/c13-11-15-4(3-29-11)7(17-28-2-6(19)20)9(21)16-8-5(1-27-12(14)23)18(10(8)22)30(24,25)26/h3,5,8H,1-2H2,(H2,13,15)(H2,14,23)(H,16,21)(H,19,20)(H,24,25,26). The van der Waals surface area contributed by atoms with Crippen LogP contribution in [-0.4, -0.2) is 82.3 Å². The number of anilines is 1. The van der Waals surface area contributed by atoms with Crippen molar-refractivity contribution in [3.63, 3.8) is 0 Å². The zero-order valence-corrected chi connectivity index (χ0v) is 16.3. The molecule has 1 aliphatic heterocycles. The number of nitrogen functional groups attached to an aromatic ring is 1. The van der Waals surface area contributed by atoms with Crippen molar-refractivity contribution in [1.82, 2.24) is 14.6 Å². The second-order valence-electron chi connectivity index (χ2n) is 5.44. The predicted molar refractivity (Wildman–Crippen MR) is 96.3 cm³/mol. The molecule has 16 nitrogen and oxygen atoms in total. The molecule has 0 spiro atoms. The number of aliphatic carboxylic acids is 1. The van der Waals surface area contributed by atoms with Crippen molar-refractivity contribution in [3.05, 3.63) is 11.1 Å². The van der Waals surface area contributed by atoms with E-state index in [1.54, 1.807) is 0 Å². The van der Waals surface area contributed by atoms with Crippen LogP contribution in [0.4, 0.5) is 9.93 Å². The fraction of sp³-hybridized carbons (Fsp3) is 0.333. The highest BCUT2D eigenvalue weighted by molar-refractivity contribution is 7.84. The Morgan fingerprint density at radius 3 is 2.57 bits per heavy atom. The fourth-order valence-corrected chi connectivity index (χ4v) is 3.67. The molecular formula is C12H14N6O10S2. The minimum absolute atomic E-state index is 0.0144. The Balaban J connectivity index is 2.24. The number of rotatable bonds is 9. The van der Waals surface area contributed by atoms with E-state index in [4.69, 9.17) is 21.1 Å². The van der Waals surface area contributed by atoms with E-state index in [1.165, 1.54) is 5.38 Å². The van der Waals surface area contributed by atoms with Gasteiger partial charge in [-0.3, -0.25) is 14.1 Å². The summed E-state index contributed by atoms with van der Waals surface area (Å²) in [5.41, 5.74) is 9.58. The third kappa shape index (κ3) is 5.30. The molecule has 1 saturated heterocycles. The number of hydrogen-bond donors (Lipinski definition) is 5. The molecule has 1 aromatic heterocycles. The van der Waals surface area contributed by atoms with Crippen LogP contribution in [0, 0.1) is 0 Å². The van der Waals surface area contributed by atoms with Crippen LogP contribution in [0.2, 0.25) is 0 Å². The van der Waals surface area contributed by atoms with E-state index in [-0.39, 0.29) is 15.1 Å². The van der Waals surface area contributed by atoms with E-state index >= 15 is 0 Å². The molecular weight excluding hydrogens is 452 g/mol. The SMILES string of the molecule is NC(=O)OCC1C(NC(=O)C(=NOCC(=O)O)c2csc(N)n2)C(=O)N1S(=O)(=O)O. The smallest absolute Gasteiger partial charge is 0.404 e. The first-order valence-corrected chi connectivity index (χ1v) is 9.86. The van der Waals surface area contributed by atoms with Crippen molar-refractivity contribution in [1.29, 1.82) is 0 Å². The number of carbonyl (C=O) groups excluding carboxylic acids is 3. The van der Waals surface area contributed by atoms with Gasteiger partial charge in [0.05, 0.1) is 0 Å². The van der Waals surface area contributed by atoms with Gasteiger partial charge in [-0.05, 0) is 0 Å². The molecule has 0 bridgehead atoms. The lowest BCUT2D eigenvalue weighted by Gasteiger charge is -2.43. The van der Waals surface area contributed by atoms with E-state index in [1.807, 2.05) is 0 Å². The van der Waals surface area contributed by atoms with Crippen LogP contribution in [-0.2, 0) is 34.3 Å². The Hall–Kier alpha value is -3.51. The largest absolute Gasteiger partial charge is 0.479 e. The molecule has 0 radical (unpaired) electrons. The van der Waals surface area contributed by atoms with Gasteiger partial charge in [-0.15, -0.1) is 11.3 Å². The summed E-state index contributed by atoms with van der Waals surface area (Å²) >= 11 is 0.920. The number of aromatic nitrogens is 1. The molecule has 0 aromatic carbocycles. The number of nitrogens with zero attached hydrogens (tertiary/aromatic N) is 3. The molecule has 1 aliphatic rings. The fourth-order valence-electron chi connectivity index (χ4n) is 2.26. The minimum atomic E-state index is -5.02. The second kappa shape index (κ2) is 8.88. The number of ether oxygens (including phenoxy) is 1. The zero-order valence-electron chi connectivity index (χ0n) is 14.6. The monoisotopic (exact) mass is 466 g/mol. The van der Waals surface area contributed by atoms with Gasteiger partial charge in [0.2, 0.25) is 6.61 Å². The summed E-state index contributed by atoms with van der Waals surface area (Å²) in [5.74, 6) is -3.76. The van der Waals surface area contributed by atoms with Crippen molar-refractivity contribution in [2.24, 2.45) is 10.9 Å². The summed E-state index contributed by atoms with van der Waals surface area (Å²) in [7, 11) is -5.02. The Morgan fingerprint density at radius 2 is 2.07 bits per heavy atom. The van der Waals surface area contributed by atoms with Crippen LogP contribution in [0.1, 0.15) is 5.69 Å². The summed E-state index contributed by atoms with van der Waals surface area (Å²) in [4.78, 5) is 54.3. The number of amides is 3. The van der Waals surface area contributed by atoms with Crippen LogP contribution in [0.15, 0.2) is 10.5 Å². The maximum Gasteiger partial charge on any atom is 0.404 e. The topological polar surface area (TPSA) is 254 Å². The number of hydrogen-bond acceptors (Lipinski definition) is 12. The zero-order chi connectivity index (χ0) is 22.6. The Bertz CT molecular complexity index is 1000. The molecule has 1 fully saturated rings. The molecule has 2 unspecified atom stereocenters. The van der Waals surface area contributed by atoms with Gasteiger partial charge in [-0.2, -0.15) is 8.42 Å². The molecule has 7 N–H and O–H groups in total. The number of carboxylic acids is 1. The quantitative estimate of drug-likeness (QED) is 0.106. The summed E-state index contributed by atoms with van der Waals surface area (Å²) in [6.07, 6.45) is -1.29. The highest BCUT2D eigenvalue weighted by atomic mass is 32.2. The maximum atomic E-state index is 12.6. The van der Waals surface area contributed by atoms with E-state index in [2.05, 4.69) is 25.0 Å². The molecule has 3 amide bonds. The lowest BCUT2D eigenvalue weighted by Crippen LogP contribution is -2.73. The van der Waals surface area contributed by atoms with Crippen LogP contribution in [0.25, 0.3) is 0 Å². The summed E-state index contributed by atoms with van der Waals surface area (Å²) in [5, 5.41) is 15.4. The molecule has 2 rings (SSSR count). The van der Waals surface area contributed by atoms with Crippen molar-refractivity contribution < 1.29 is 46.8 Å². The lowest BCUT2D eigenvalue weighted by atomic mass is 9.99. The number of oxime groups is 1. The van der Waals surface area contributed by atoms with Crippen molar-refractivity contribution in [3.8, 4) is 0 Å². The molecule has 2 atom stereocenters. The van der Waals surface area contributed by atoms with Crippen molar-refractivity contribution in [2.75, 3.05) is 18.9 Å². The molecule has 0 saturated carbocycles. The third-order valence-electron chi connectivity index (χ3n) is 3.42. The second-order valence-corrected chi connectivity index (χ2v) is 7.62. The molecule has 2 heterocycles. The minimum Gasteiger partial charge on any atom is -0.479 e. The first-order chi connectivity index (χ1) is 13.9.